The highest BCUT2D eigenvalue weighted by Crippen LogP contribution is 2.28. The van der Waals surface area contributed by atoms with Crippen LogP contribution in [-0.4, -0.2) is 11.8 Å². The van der Waals surface area contributed by atoms with Crippen LogP contribution in [0.25, 0.3) is 0 Å². The van der Waals surface area contributed by atoms with Crippen LogP contribution < -0.4 is 22.1 Å². The molecular formula is C15H16N4O2. The Hall–Kier alpha value is -3.02. The molecule has 0 aliphatic rings. The van der Waals surface area contributed by atoms with Gasteiger partial charge >= 0.3 is 0 Å². The molecule has 0 atom stereocenters. The second kappa shape index (κ2) is 5.96. The molecule has 2 rings (SSSR count). The fourth-order valence-electron chi connectivity index (χ4n) is 1.94. The van der Waals surface area contributed by atoms with Crippen LogP contribution in [0.15, 0.2) is 42.5 Å². The number of carbonyl (C=O) groups is 2. The normalized spacial score (nSPS) is 9.95. The van der Waals surface area contributed by atoms with Gasteiger partial charge in [-0.15, -0.1) is 0 Å². The van der Waals surface area contributed by atoms with Gasteiger partial charge in [-0.2, -0.15) is 0 Å². The number of para-hydroxylation sites is 1. The molecule has 0 aliphatic heterocycles. The SMILES string of the molecule is CC(=O)Nc1cccc(Nc2c(N)cccc2C(N)=O)c1. The van der Waals surface area contributed by atoms with E-state index in [0.717, 1.165) is 0 Å². The van der Waals surface area contributed by atoms with Crippen molar-refractivity contribution < 1.29 is 9.59 Å². The van der Waals surface area contributed by atoms with Gasteiger partial charge in [0, 0.05) is 18.3 Å². The Morgan fingerprint density at radius 2 is 1.71 bits per heavy atom. The van der Waals surface area contributed by atoms with E-state index in [2.05, 4.69) is 10.6 Å². The van der Waals surface area contributed by atoms with Crippen LogP contribution >= 0.6 is 0 Å². The fourth-order valence-corrected chi connectivity index (χ4v) is 1.94. The predicted molar refractivity (Wildman–Crippen MR) is 83.4 cm³/mol. The Bertz CT molecular complexity index is 698. The molecule has 6 heteroatoms. The minimum absolute atomic E-state index is 0.163. The maximum Gasteiger partial charge on any atom is 0.250 e. The molecule has 0 bridgehead atoms. The molecule has 0 aromatic heterocycles. The molecule has 0 heterocycles. The van der Waals surface area contributed by atoms with E-state index in [9.17, 15) is 9.59 Å². The molecule has 6 N–H and O–H groups in total. The third-order valence-corrected chi connectivity index (χ3v) is 2.81. The Morgan fingerprint density at radius 3 is 2.38 bits per heavy atom. The number of carbonyl (C=O) groups excluding carboxylic acids is 2. The van der Waals surface area contributed by atoms with E-state index in [-0.39, 0.29) is 5.91 Å². The van der Waals surface area contributed by atoms with Gasteiger partial charge in [-0.05, 0) is 30.3 Å². The van der Waals surface area contributed by atoms with Crippen LogP contribution in [0.2, 0.25) is 0 Å². The van der Waals surface area contributed by atoms with Crippen LogP contribution in [0.5, 0.6) is 0 Å². The highest BCUT2D eigenvalue weighted by Gasteiger charge is 2.11. The summed E-state index contributed by atoms with van der Waals surface area (Å²) in [7, 11) is 0. The van der Waals surface area contributed by atoms with Gasteiger partial charge in [0.05, 0.1) is 16.9 Å². The Labute approximate surface area is 122 Å². The van der Waals surface area contributed by atoms with Gasteiger partial charge in [0.25, 0.3) is 5.91 Å². The van der Waals surface area contributed by atoms with Crippen LogP contribution in [-0.2, 0) is 4.79 Å². The second-order valence-corrected chi connectivity index (χ2v) is 4.52. The second-order valence-electron chi connectivity index (χ2n) is 4.52. The summed E-state index contributed by atoms with van der Waals surface area (Å²) in [4.78, 5) is 22.5. The van der Waals surface area contributed by atoms with E-state index in [4.69, 9.17) is 11.5 Å². The molecule has 0 radical (unpaired) electrons. The number of rotatable bonds is 4. The number of amides is 2. The molecule has 0 unspecified atom stereocenters. The summed E-state index contributed by atoms with van der Waals surface area (Å²) in [6.45, 7) is 1.43. The first kappa shape index (κ1) is 14.4. The van der Waals surface area contributed by atoms with Crippen molar-refractivity contribution in [3.05, 3.63) is 48.0 Å². The maximum absolute atomic E-state index is 11.4. The van der Waals surface area contributed by atoms with Gasteiger partial charge in [-0.1, -0.05) is 12.1 Å². The monoisotopic (exact) mass is 284 g/mol. The topological polar surface area (TPSA) is 110 Å². The zero-order valence-electron chi connectivity index (χ0n) is 11.5. The highest BCUT2D eigenvalue weighted by molar-refractivity contribution is 6.02. The van der Waals surface area contributed by atoms with E-state index < -0.39 is 5.91 Å². The summed E-state index contributed by atoms with van der Waals surface area (Å²) in [5.74, 6) is -0.730. The molecule has 2 amide bonds. The number of nitrogens with one attached hydrogen (secondary N) is 2. The molecule has 0 spiro atoms. The van der Waals surface area contributed by atoms with Crippen molar-refractivity contribution >= 4 is 34.6 Å². The lowest BCUT2D eigenvalue weighted by Crippen LogP contribution is -2.14. The standard InChI is InChI=1S/C15H16N4O2/c1-9(20)18-10-4-2-5-11(8-10)19-14-12(15(17)21)6-3-7-13(14)16/h2-8,19H,16H2,1H3,(H2,17,21)(H,18,20). The minimum atomic E-state index is -0.567. The first-order valence-corrected chi connectivity index (χ1v) is 6.30. The summed E-state index contributed by atoms with van der Waals surface area (Å²) in [5, 5.41) is 5.74. The minimum Gasteiger partial charge on any atom is -0.397 e. The lowest BCUT2D eigenvalue weighted by Gasteiger charge is -2.13. The highest BCUT2D eigenvalue weighted by atomic mass is 16.1. The number of nitrogens with two attached hydrogens (primary N) is 2. The number of hydrogen-bond acceptors (Lipinski definition) is 4. The zero-order valence-corrected chi connectivity index (χ0v) is 11.5. The van der Waals surface area contributed by atoms with Gasteiger partial charge in [-0.3, -0.25) is 9.59 Å². The van der Waals surface area contributed by atoms with E-state index in [1.165, 1.54) is 6.92 Å². The fraction of sp³-hybridized carbons (Fsp3) is 0.0667. The summed E-state index contributed by atoms with van der Waals surface area (Å²) >= 11 is 0. The lowest BCUT2D eigenvalue weighted by atomic mass is 10.1. The molecule has 108 valence electrons. The van der Waals surface area contributed by atoms with Gasteiger partial charge in [0.2, 0.25) is 5.91 Å². The van der Waals surface area contributed by atoms with Crippen molar-refractivity contribution in [1.29, 1.82) is 0 Å². The van der Waals surface area contributed by atoms with Crippen molar-refractivity contribution in [2.45, 2.75) is 6.92 Å². The molecular weight excluding hydrogens is 268 g/mol. The van der Waals surface area contributed by atoms with E-state index in [1.807, 2.05) is 0 Å². The summed E-state index contributed by atoms with van der Waals surface area (Å²) < 4.78 is 0. The number of anilines is 4. The quantitative estimate of drug-likeness (QED) is 0.644. The summed E-state index contributed by atoms with van der Waals surface area (Å²) in [6.07, 6.45) is 0. The van der Waals surface area contributed by atoms with Crippen molar-refractivity contribution in [3.63, 3.8) is 0 Å². The molecule has 0 aliphatic carbocycles. The first-order chi connectivity index (χ1) is 9.97. The predicted octanol–water partition coefficient (Wildman–Crippen LogP) is 2.07. The first-order valence-electron chi connectivity index (χ1n) is 6.30. The smallest absolute Gasteiger partial charge is 0.250 e. The van der Waals surface area contributed by atoms with Gasteiger partial charge in [0.15, 0.2) is 0 Å². The zero-order chi connectivity index (χ0) is 15.4. The average molecular weight is 284 g/mol. The van der Waals surface area contributed by atoms with Gasteiger partial charge in [-0.25, -0.2) is 0 Å². The Balaban J connectivity index is 2.34. The van der Waals surface area contributed by atoms with Crippen molar-refractivity contribution in [3.8, 4) is 0 Å². The van der Waals surface area contributed by atoms with Gasteiger partial charge in [0.1, 0.15) is 0 Å². The number of benzene rings is 2. The molecule has 6 nitrogen and oxygen atoms in total. The van der Waals surface area contributed by atoms with Crippen molar-refractivity contribution in [1.82, 2.24) is 0 Å². The van der Waals surface area contributed by atoms with E-state index in [0.29, 0.717) is 28.3 Å². The molecule has 0 saturated heterocycles. The third kappa shape index (κ3) is 3.50. The molecule has 0 saturated carbocycles. The molecule has 0 fully saturated rings. The number of hydrogen-bond donors (Lipinski definition) is 4. The molecule has 2 aromatic rings. The van der Waals surface area contributed by atoms with Crippen LogP contribution in [0.4, 0.5) is 22.7 Å². The molecule has 2 aromatic carbocycles. The maximum atomic E-state index is 11.4. The summed E-state index contributed by atoms with van der Waals surface area (Å²) in [6, 6.07) is 12.0. The van der Waals surface area contributed by atoms with Crippen LogP contribution in [0.3, 0.4) is 0 Å². The number of primary amides is 1. The summed E-state index contributed by atoms with van der Waals surface area (Å²) in [5.41, 5.74) is 13.7. The largest absolute Gasteiger partial charge is 0.397 e. The van der Waals surface area contributed by atoms with Crippen molar-refractivity contribution in [2.75, 3.05) is 16.4 Å². The van der Waals surface area contributed by atoms with Crippen LogP contribution in [0.1, 0.15) is 17.3 Å². The Morgan fingerprint density at radius 1 is 1.05 bits per heavy atom. The van der Waals surface area contributed by atoms with E-state index >= 15 is 0 Å². The van der Waals surface area contributed by atoms with E-state index in [1.54, 1.807) is 42.5 Å². The van der Waals surface area contributed by atoms with Crippen LogP contribution in [0, 0.1) is 0 Å². The number of nitrogen functional groups attached to an aromatic ring is 1. The lowest BCUT2D eigenvalue weighted by molar-refractivity contribution is -0.114. The Kier molecular flexibility index (Phi) is 4.08. The third-order valence-electron chi connectivity index (χ3n) is 2.81. The van der Waals surface area contributed by atoms with Crippen molar-refractivity contribution in [2.24, 2.45) is 5.73 Å². The average Bonchev–Trinajstić information content (AvgIpc) is 2.40. The molecule has 21 heavy (non-hydrogen) atoms. The van der Waals surface area contributed by atoms with Gasteiger partial charge < -0.3 is 22.1 Å².